The Morgan fingerprint density at radius 1 is 1.00 bits per heavy atom. The van der Waals surface area contributed by atoms with Gasteiger partial charge in [-0.15, -0.1) is 11.8 Å². The summed E-state index contributed by atoms with van der Waals surface area (Å²) in [4.78, 5) is 25.0. The second-order valence-corrected chi connectivity index (χ2v) is 6.17. The van der Waals surface area contributed by atoms with Crippen molar-refractivity contribution in [3.05, 3.63) is 76.8 Å². The molecule has 0 radical (unpaired) electrons. The van der Waals surface area contributed by atoms with Crippen molar-refractivity contribution in [2.45, 2.75) is 10.6 Å². The summed E-state index contributed by atoms with van der Waals surface area (Å²) in [5.74, 6) is 0.510. The van der Waals surface area contributed by atoms with Crippen LogP contribution in [0.15, 0.2) is 70.5 Å². The number of nitrogens with zero attached hydrogens (tertiary/aromatic N) is 2. The van der Waals surface area contributed by atoms with E-state index in [-0.39, 0.29) is 5.56 Å². The van der Waals surface area contributed by atoms with Crippen LogP contribution in [0, 0.1) is 0 Å². The molecule has 0 unspecified atom stereocenters. The van der Waals surface area contributed by atoms with Gasteiger partial charge in [0.2, 0.25) is 0 Å². The predicted molar refractivity (Wildman–Crippen MR) is 93.7 cm³/mol. The molecule has 4 nitrogen and oxygen atoms in total. The van der Waals surface area contributed by atoms with E-state index in [1.807, 2.05) is 54.6 Å². The van der Waals surface area contributed by atoms with Gasteiger partial charge in [0.15, 0.2) is 0 Å². The van der Waals surface area contributed by atoms with Crippen LogP contribution < -0.4 is 5.56 Å². The van der Waals surface area contributed by atoms with Crippen LogP contribution in [0.2, 0.25) is 0 Å². The number of hydrogen-bond donors (Lipinski definition) is 1. The lowest BCUT2D eigenvalue weighted by Crippen LogP contribution is -2.14. The van der Waals surface area contributed by atoms with Gasteiger partial charge >= 0.3 is 0 Å². The van der Waals surface area contributed by atoms with Crippen LogP contribution in [0.25, 0.3) is 21.9 Å². The smallest absolute Gasteiger partial charge is 0.271 e. The van der Waals surface area contributed by atoms with E-state index >= 15 is 0 Å². The Bertz CT molecular complexity index is 1050. The normalized spacial score (nSPS) is 11.1. The number of benzene rings is 2. The van der Waals surface area contributed by atoms with Gasteiger partial charge in [-0.2, -0.15) is 0 Å². The second-order valence-electron chi connectivity index (χ2n) is 5.15. The van der Waals surface area contributed by atoms with Gasteiger partial charge in [0.05, 0.1) is 16.6 Å². The van der Waals surface area contributed by atoms with Gasteiger partial charge in [0, 0.05) is 22.2 Å². The highest BCUT2D eigenvalue weighted by atomic mass is 32.2. The Morgan fingerprint density at radius 3 is 2.83 bits per heavy atom. The number of fused-ring (bicyclic) bond motifs is 2. The van der Waals surface area contributed by atoms with Crippen LogP contribution in [0.5, 0.6) is 0 Å². The third kappa shape index (κ3) is 2.71. The third-order valence-electron chi connectivity index (χ3n) is 3.63. The van der Waals surface area contributed by atoms with Crippen molar-refractivity contribution in [3.63, 3.8) is 0 Å². The van der Waals surface area contributed by atoms with Crippen molar-refractivity contribution in [2.24, 2.45) is 0 Å². The summed E-state index contributed by atoms with van der Waals surface area (Å²) in [6.45, 7) is 0. The molecule has 0 saturated carbocycles. The molecule has 0 spiro atoms. The number of nitrogens with one attached hydrogen (secondary N) is 1. The van der Waals surface area contributed by atoms with Crippen LogP contribution in [-0.4, -0.2) is 15.0 Å². The second kappa shape index (κ2) is 5.85. The SMILES string of the molecule is O=c1[nH]c2ccccc2nc1CSc1cccc2cccnc12. The van der Waals surface area contributed by atoms with Gasteiger partial charge in [-0.25, -0.2) is 4.98 Å². The van der Waals surface area contributed by atoms with Crippen molar-refractivity contribution in [2.75, 3.05) is 0 Å². The Hall–Kier alpha value is -2.66. The first-order chi connectivity index (χ1) is 11.3. The molecule has 0 atom stereocenters. The van der Waals surface area contributed by atoms with Gasteiger partial charge in [-0.3, -0.25) is 9.78 Å². The van der Waals surface area contributed by atoms with Crippen LogP contribution in [0.3, 0.4) is 0 Å². The summed E-state index contributed by atoms with van der Waals surface area (Å²) in [7, 11) is 0. The number of hydrogen-bond acceptors (Lipinski definition) is 4. The van der Waals surface area contributed by atoms with E-state index in [9.17, 15) is 4.79 Å². The summed E-state index contributed by atoms with van der Waals surface area (Å²) < 4.78 is 0. The molecule has 0 saturated heterocycles. The number of pyridine rings is 1. The Balaban J connectivity index is 1.68. The van der Waals surface area contributed by atoms with Crippen LogP contribution in [0.1, 0.15) is 5.69 Å². The topological polar surface area (TPSA) is 58.6 Å². The van der Waals surface area contributed by atoms with E-state index in [1.54, 1.807) is 18.0 Å². The van der Waals surface area contributed by atoms with E-state index in [1.165, 1.54) is 0 Å². The molecule has 0 fully saturated rings. The highest BCUT2D eigenvalue weighted by molar-refractivity contribution is 7.98. The maximum atomic E-state index is 12.2. The first kappa shape index (κ1) is 14.0. The lowest BCUT2D eigenvalue weighted by molar-refractivity contribution is 1.10. The van der Waals surface area contributed by atoms with Crippen molar-refractivity contribution < 1.29 is 0 Å². The maximum Gasteiger partial charge on any atom is 0.271 e. The minimum Gasteiger partial charge on any atom is -0.319 e. The van der Waals surface area contributed by atoms with Crippen LogP contribution >= 0.6 is 11.8 Å². The van der Waals surface area contributed by atoms with Gasteiger partial charge in [0.25, 0.3) is 5.56 Å². The molecular formula is C18H13N3OS. The predicted octanol–water partition coefficient (Wildman–Crippen LogP) is 3.76. The number of para-hydroxylation sites is 3. The van der Waals surface area contributed by atoms with E-state index in [0.717, 1.165) is 26.8 Å². The minimum absolute atomic E-state index is 0.135. The summed E-state index contributed by atoms with van der Waals surface area (Å²) in [6.07, 6.45) is 1.79. The third-order valence-corrected chi connectivity index (χ3v) is 4.69. The summed E-state index contributed by atoms with van der Waals surface area (Å²) in [5, 5.41) is 1.10. The van der Waals surface area contributed by atoms with E-state index in [0.29, 0.717) is 11.4 Å². The molecule has 0 aliphatic rings. The Morgan fingerprint density at radius 2 is 1.87 bits per heavy atom. The lowest BCUT2D eigenvalue weighted by Gasteiger charge is -2.05. The molecule has 112 valence electrons. The highest BCUT2D eigenvalue weighted by Crippen LogP contribution is 2.28. The van der Waals surface area contributed by atoms with Crippen molar-refractivity contribution in [1.82, 2.24) is 15.0 Å². The molecule has 0 aliphatic heterocycles. The molecule has 4 aromatic rings. The maximum absolute atomic E-state index is 12.2. The largest absolute Gasteiger partial charge is 0.319 e. The van der Waals surface area contributed by atoms with Crippen molar-refractivity contribution in [1.29, 1.82) is 0 Å². The molecule has 0 bridgehead atoms. The fourth-order valence-corrected chi connectivity index (χ4v) is 3.47. The zero-order chi connectivity index (χ0) is 15.6. The Kier molecular flexibility index (Phi) is 3.55. The molecule has 23 heavy (non-hydrogen) atoms. The monoisotopic (exact) mass is 319 g/mol. The van der Waals surface area contributed by atoms with Crippen LogP contribution in [0.4, 0.5) is 0 Å². The number of rotatable bonds is 3. The molecule has 2 aromatic carbocycles. The number of aromatic amines is 1. The van der Waals surface area contributed by atoms with Gasteiger partial charge in [-0.05, 0) is 24.3 Å². The molecule has 0 aliphatic carbocycles. The fraction of sp³-hybridized carbons (Fsp3) is 0.0556. The summed E-state index contributed by atoms with van der Waals surface area (Å²) in [5.41, 5.74) is 2.92. The van der Waals surface area contributed by atoms with E-state index in [4.69, 9.17) is 0 Å². The molecule has 5 heteroatoms. The highest BCUT2D eigenvalue weighted by Gasteiger charge is 2.08. The zero-order valence-electron chi connectivity index (χ0n) is 12.2. The van der Waals surface area contributed by atoms with Gasteiger partial charge in [0.1, 0.15) is 5.69 Å². The van der Waals surface area contributed by atoms with Gasteiger partial charge in [-0.1, -0.05) is 30.3 Å². The van der Waals surface area contributed by atoms with Crippen molar-refractivity contribution >= 4 is 33.7 Å². The van der Waals surface area contributed by atoms with E-state index < -0.39 is 0 Å². The molecule has 0 amide bonds. The molecule has 2 aromatic heterocycles. The Labute approximate surface area is 136 Å². The summed E-state index contributed by atoms with van der Waals surface area (Å²) in [6, 6.07) is 17.6. The average Bonchev–Trinajstić information content (AvgIpc) is 2.60. The zero-order valence-corrected chi connectivity index (χ0v) is 13.0. The number of H-pyrrole nitrogens is 1. The summed E-state index contributed by atoms with van der Waals surface area (Å²) >= 11 is 1.58. The lowest BCUT2D eigenvalue weighted by atomic mass is 10.2. The molecule has 1 N–H and O–H groups in total. The average molecular weight is 319 g/mol. The molecule has 4 rings (SSSR count). The van der Waals surface area contributed by atoms with Crippen LogP contribution in [-0.2, 0) is 5.75 Å². The fourth-order valence-electron chi connectivity index (χ4n) is 2.50. The van der Waals surface area contributed by atoms with Crippen molar-refractivity contribution in [3.8, 4) is 0 Å². The number of thioether (sulfide) groups is 1. The quantitative estimate of drug-likeness (QED) is 0.584. The minimum atomic E-state index is -0.135. The number of aromatic nitrogens is 3. The molecular weight excluding hydrogens is 306 g/mol. The molecule has 2 heterocycles. The first-order valence-electron chi connectivity index (χ1n) is 7.26. The van der Waals surface area contributed by atoms with E-state index in [2.05, 4.69) is 15.0 Å². The van der Waals surface area contributed by atoms with Gasteiger partial charge < -0.3 is 4.98 Å². The standard InChI is InChI=1S/C18H13N3OS/c22-18-15(20-13-7-1-2-8-14(13)21-18)11-23-16-9-3-5-12-6-4-10-19-17(12)16/h1-10H,11H2,(H,21,22). The first-order valence-corrected chi connectivity index (χ1v) is 8.24.